The molecule has 0 radical (unpaired) electrons. The molecule has 31 heavy (non-hydrogen) atoms. The van der Waals surface area contributed by atoms with Crippen molar-refractivity contribution in [2.75, 3.05) is 13.1 Å². The van der Waals surface area contributed by atoms with E-state index in [1.54, 1.807) is 0 Å². The predicted octanol–water partition coefficient (Wildman–Crippen LogP) is 4.62. The molecule has 0 amide bonds. The molecule has 5 rings (SSSR count). The zero-order valence-corrected chi connectivity index (χ0v) is 18.2. The molecule has 6 nitrogen and oxygen atoms in total. The number of likely N-dealkylation sites (tertiary alicyclic amines) is 1. The molecule has 1 saturated carbocycles. The molecule has 1 aliphatic heterocycles. The Labute approximate surface area is 184 Å². The highest BCUT2D eigenvalue weighted by atomic mass is 15.6. The highest BCUT2D eigenvalue weighted by Crippen LogP contribution is 2.35. The molecule has 0 N–H and O–H groups in total. The lowest BCUT2D eigenvalue weighted by atomic mass is 9.89. The maximum Gasteiger partial charge on any atom is 0.173 e. The van der Waals surface area contributed by atoms with Crippen LogP contribution in [0.1, 0.15) is 74.0 Å². The van der Waals surface area contributed by atoms with Crippen molar-refractivity contribution in [3.05, 3.63) is 71.8 Å². The summed E-state index contributed by atoms with van der Waals surface area (Å²) in [6.45, 7) is 2.13. The third kappa shape index (κ3) is 4.69. The zero-order valence-electron chi connectivity index (χ0n) is 18.2. The standard InChI is InChI=1S/C25H32N6/c1-3-8-20(9-4-1)18-21-13-16-30(17-14-21)24(22-10-7-15-26-19-22)25-27-28-29-31(25)23-11-5-2-6-12-23/h1,3-4,7-10,15,19,21,23-24H,2,5-6,11-14,16-18H2/t24-/m1/s1. The quantitative estimate of drug-likeness (QED) is 0.587. The van der Waals surface area contributed by atoms with Gasteiger partial charge in [-0.3, -0.25) is 9.88 Å². The van der Waals surface area contributed by atoms with E-state index in [0.717, 1.165) is 24.8 Å². The minimum Gasteiger partial charge on any atom is -0.290 e. The van der Waals surface area contributed by atoms with Gasteiger partial charge in [0, 0.05) is 12.4 Å². The Bertz CT molecular complexity index is 927. The lowest BCUT2D eigenvalue weighted by Gasteiger charge is -2.37. The second-order valence-electron chi connectivity index (χ2n) is 9.13. The Morgan fingerprint density at radius 1 is 0.903 bits per heavy atom. The largest absolute Gasteiger partial charge is 0.290 e. The minimum atomic E-state index is 0.0725. The van der Waals surface area contributed by atoms with Crippen LogP contribution in [0.4, 0.5) is 0 Å². The van der Waals surface area contributed by atoms with Crippen LogP contribution in [0.25, 0.3) is 0 Å². The van der Waals surface area contributed by atoms with Crippen molar-refractivity contribution >= 4 is 0 Å². The van der Waals surface area contributed by atoms with Crippen molar-refractivity contribution in [1.82, 2.24) is 30.1 Å². The van der Waals surface area contributed by atoms with Gasteiger partial charge in [0.1, 0.15) is 0 Å². The summed E-state index contributed by atoms with van der Waals surface area (Å²) in [5.74, 6) is 1.73. The van der Waals surface area contributed by atoms with Crippen LogP contribution in [0.5, 0.6) is 0 Å². The van der Waals surface area contributed by atoms with Gasteiger partial charge in [-0.2, -0.15) is 0 Å². The van der Waals surface area contributed by atoms with Crippen molar-refractivity contribution in [3.63, 3.8) is 0 Å². The molecule has 0 spiro atoms. The Morgan fingerprint density at radius 3 is 2.45 bits per heavy atom. The van der Waals surface area contributed by atoms with Crippen LogP contribution in [0.3, 0.4) is 0 Å². The molecule has 1 aliphatic carbocycles. The molecular weight excluding hydrogens is 384 g/mol. The summed E-state index contributed by atoms with van der Waals surface area (Å²) >= 11 is 0. The monoisotopic (exact) mass is 416 g/mol. The van der Waals surface area contributed by atoms with Crippen LogP contribution in [0, 0.1) is 5.92 Å². The smallest absolute Gasteiger partial charge is 0.173 e. The number of rotatable bonds is 6. The van der Waals surface area contributed by atoms with E-state index in [0.29, 0.717) is 6.04 Å². The molecule has 2 fully saturated rings. The molecule has 1 aromatic carbocycles. The lowest BCUT2D eigenvalue weighted by Crippen LogP contribution is -2.39. The van der Waals surface area contributed by atoms with Crippen molar-refractivity contribution in [3.8, 4) is 0 Å². The van der Waals surface area contributed by atoms with Crippen molar-refractivity contribution in [1.29, 1.82) is 0 Å². The number of benzene rings is 1. The minimum absolute atomic E-state index is 0.0725. The second-order valence-corrected chi connectivity index (χ2v) is 9.13. The van der Waals surface area contributed by atoms with Crippen molar-refractivity contribution in [2.24, 2.45) is 5.92 Å². The van der Waals surface area contributed by atoms with Gasteiger partial charge in [0.25, 0.3) is 0 Å². The summed E-state index contributed by atoms with van der Waals surface area (Å²) < 4.78 is 2.13. The summed E-state index contributed by atoms with van der Waals surface area (Å²) in [6, 6.07) is 15.6. The van der Waals surface area contributed by atoms with Gasteiger partial charge >= 0.3 is 0 Å². The number of hydrogen-bond acceptors (Lipinski definition) is 5. The lowest BCUT2D eigenvalue weighted by molar-refractivity contribution is 0.140. The van der Waals surface area contributed by atoms with Gasteiger partial charge in [-0.25, -0.2) is 4.68 Å². The Balaban J connectivity index is 1.36. The van der Waals surface area contributed by atoms with Crippen LogP contribution >= 0.6 is 0 Å². The first-order chi connectivity index (χ1) is 15.4. The fraction of sp³-hybridized carbons (Fsp3) is 0.520. The maximum atomic E-state index is 4.56. The second kappa shape index (κ2) is 9.69. The van der Waals surface area contributed by atoms with Gasteiger partial charge in [0.15, 0.2) is 5.82 Å². The average Bonchev–Trinajstić information content (AvgIpc) is 3.32. The predicted molar refractivity (Wildman–Crippen MR) is 120 cm³/mol. The van der Waals surface area contributed by atoms with E-state index in [4.69, 9.17) is 0 Å². The summed E-state index contributed by atoms with van der Waals surface area (Å²) in [6.07, 6.45) is 13.6. The van der Waals surface area contributed by atoms with E-state index in [1.807, 2.05) is 18.5 Å². The molecule has 0 unspecified atom stereocenters. The van der Waals surface area contributed by atoms with Gasteiger partial charge < -0.3 is 0 Å². The molecule has 162 valence electrons. The third-order valence-corrected chi connectivity index (χ3v) is 7.07. The van der Waals surface area contributed by atoms with E-state index in [-0.39, 0.29) is 6.04 Å². The van der Waals surface area contributed by atoms with Gasteiger partial charge in [0.05, 0.1) is 12.1 Å². The zero-order chi connectivity index (χ0) is 20.9. The van der Waals surface area contributed by atoms with E-state index >= 15 is 0 Å². The van der Waals surface area contributed by atoms with Crippen LogP contribution in [-0.2, 0) is 6.42 Å². The number of pyridine rings is 1. The number of hydrogen-bond donors (Lipinski definition) is 0. The molecular formula is C25H32N6. The molecule has 6 heteroatoms. The number of piperidine rings is 1. The number of aromatic nitrogens is 5. The SMILES string of the molecule is c1ccc(CC2CCN([C@H](c3cccnc3)c3nnnn3C3CCCCC3)CC2)cc1. The van der Waals surface area contributed by atoms with Crippen LogP contribution < -0.4 is 0 Å². The Hall–Kier alpha value is -2.60. The fourth-order valence-corrected chi connectivity index (χ4v) is 5.39. The van der Waals surface area contributed by atoms with E-state index in [2.05, 4.69) is 66.5 Å². The van der Waals surface area contributed by atoms with Crippen LogP contribution in [0.2, 0.25) is 0 Å². The fourth-order valence-electron chi connectivity index (χ4n) is 5.39. The normalized spacial score (nSPS) is 20.0. The summed E-state index contributed by atoms with van der Waals surface area (Å²) in [5, 5.41) is 13.1. The van der Waals surface area contributed by atoms with Crippen molar-refractivity contribution < 1.29 is 0 Å². The summed E-state index contributed by atoms with van der Waals surface area (Å²) in [4.78, 5) is 6.99. The van der Waals surface area contributed by atoms with Crippen molar-refractivity contribution in [2.45, 2.75) is 63.5 Å². The topological polar surface area (TPSA) is 59.7 Å². The molecule has 3 heterocycles. The molecule has 2 aliphatic rings. The molecule has 1 atom stereocenters. The Kier molecular flexibility index (Phi) is 6.35. The van der Waals surface area contributed by atoms with Crippen LogP contribution in [-0.4, -0.2) is 43.2 Å². The van der Waals surface area contributed by atoms with Gasteiger partial charge in [-0.15, -0.1) is 5.10 Å². The van der Waals surface area contributed by atoms with Gasteiger partial charge in [-0.1, -0.05) is 55.7 Å². The van der Waals surface area contributed by atoms with Gasteiger partial charge in [0.2, 0.25) is 0 Å². The van der Waals surface area contributed by atoms with E-state index < -0.39 is 0 Å². The third-order valence-electron chi connectivity index (χ3n) is 7.07. The van der Waals surface area contributed by atoms with E-state index in [1.165, 1.54) is 62.5 Å². The molecule has 1 saturated heterocycles. The average molecular weight is 417 g/mol. The van der Waals surface area contributed by atoms with Crippen LogP contribution in [0.15, 0.2) is 54.9 Å². The summed E-state index contributed by atoms with van der Waals surface area (Å²) in [7, 11) is 0. The molecule has 2 aromatic heterocycles. The molecule has 0 bridgehead atoms. The number of tetrazole rings is 1. The first kappa shape index (κ1) is 20.3. The first-order valence-electron chi connectivity index (χ1n) is 11.8. The highest BCUT2D eigenvalue weighted by Gasteiger charge is 2.33. The maximum absolute atomic E-state index is 4.56. The summed E-state index contributed by atoms with van der Waals surface area (Å²) in [5.41, 5.74) is 2.64. The highest BCUT2D eigenvalue weighted by molar-refractivity contribution is 5.22. The van der Waals surface area contributed by atoms with E-state index in [9.17, 15) is 0 Å². The number of nitrogens with zero attached hydrogens (tertiary/aromatic N) is 6. The first-order valence-corrected chi connectivity index (χ1v) is 11.8. The molecule has 3 aromatic rings. The van der Waals surface area contributed by atoms with Gasteiger partial charge in [-0.05, 0) is 78.7 Å². The Morgan fingerprint density at radius 2 is 1.71 bits per heavy atom.